The molecule has 6 nitrogen and oxygen atoms in total. The van der Waals surface area contributed by atoms with Crippen LogP contribution in [-0.2, 0) is 21.2 Å². The fourth-order valence-electron chi connectivity index (χ4n) is 2.54. The van der Waals surface area contributed by atoms with Crippen molar-refractivity contribution in [2.45, 2.75) is 23.8 Å². The zero-order chi connectivity index (χ0) is 17.4. The molecule has 0 amide bonds. The quantitative estimate of drug-likeness (QED) is 0.624. The minimum Gasteiger partial charge on any atom is -0.390 e. The van der Waals surface area contributed by atoms with E-state index in [0.717, 1.165) is 31.5 Å². The van der Waals surface area contributed by atoms with Crippen LogP contribution >= 0.6 is 11.6 Å². The number of ether oxygens (including phenoxy) is 1. The summed E-state index contributed by atoms with van der Waals surface area (Å²) in [6, 6.07) is 6.76. The molecule has 1 heterocycles. The average Bonchev–Trinajstić information content (AvgIpc) is 2.59. The summed E-state index contributed by atoms with van der Waals surface area (Å²) in [6.07, 6.45) is 0.940. The van der Waals surface area contributed by atoms with Gasteiger partial charge in [-0.3, -0.25) is 4.90 Å². The van der Waals surface area contributed by atoms with Crippen molar-refractivity contribution in [3.8, 4) is 0 Å². The molecule has 2 rings (SSSR count). The Morgan fingerprint density at radius 2 is 1.92 bits per heavy atom. The van der Waals surface area contributed by atoms with Gasteiger partial charge in [-0.25, -0.2) is 13.1 Å². The van der Waals surface area contributed by atoms with E-state index in [1.54, 1.807) is 24.3 Å². The zero-order valence-corrected chi connectivity index (χ0v) is 15.2. The van der Waals surface area contributed by atoms with Gasteiger partial charge in [-0.2, -0.15) is 0 Å². The highest BCUT2D eigenvalue weighted by molar-refractivity contribution is 7.89. The molecule has 1 atom stereocenters. The van der Waals surface area contributed by atoms with Crippen LogP contribution in [0.25, 0.3) is 0 Å². The number of aliphatic hydroxyl groups is 1. The Bertz CT molecular complexity index is 589. The molecule has 0 radical (unpaired) electrons. The van der Waals surface area contributed by atoms with E-state index in [2.05, 4.69) is 9.62 Å². The highest BCUT2D eigenvalue weighted by Gasteiger charge is 2.18. The Kier molecular flexibility index (Phi) is 7.93. The lowest BCUT2D eigenvalue weighted by Crippen LogP contribution is -2.44. The molecule has 1 fully saturated rings. The molecule has 0 bridgehead atoms. The molecule has 2 N–H and O–H groups in total. The van der Waals surface area contributed by atoms with Crippen LogP contribution in [0.2, 0.25) is 0 Å². The first kappa shape index (κ1) is 19.6. The molecular formula is C16H25ClN2O4S. The van der Waals surface area contributed by atoms with Crippen LogP contribution in [0.15, 0.2) is 29.2 Å². The third-order valence-corrected chi connectivity index (χ3v) is 5.62. The molecule has 8 heteroatoms. The minimum absolute atomic E-state index is 0.00626. The van der Waals surface area contributed by atoms with E-state index in [-0.39, 0.29) is 11.4 Å². The van der Waals surface area contributed by atoms with Crippen LogP contribution in [0.5, 0.6) is 0 Å². The van der Waals surface area contributed by atoms with E-state index in [4.69, 9.17) is 16.3 Å². The van der Waals surface area contributed by atoms with Crippen molar-refractivity contribution in [1.82, 2.24) is 9.62 Å². The molecule has 1 aromatic carbocycles. The van der Waals surface area contributed by atoms with Crippen molar-refractivity contribution in [3.63, 3.8) is 0 Å². The molecule has 0 aliphatic carbocycles. The number of alkyl halides is 1. The van der Waals surface area contributed by atoms with Gasteiger partial charge in [0.05, 0.1) is 24.2 Å². The molecule has 136 valence electrons. The standard InChI is InChI=1S/C16H25ClN2O4S/c17-7-1-2-14-3-5-16(6-4-14)24(21,22)18-12-15(20)13-19-8-10-23-11-9-19/h3-6,15,18,20H,1-2,7-13H2. The molecular weight excluding hydrogens is 352 g/mol. The molecule has 0 aromatic heterocycles. The van der Waals surface area contributed by atoms with Crippen LogP contribution in [0.3, 0.4) is 0 Å². The second-order valence-electron chi connectivity index (χ2n) is 5.86. The lowest BCUT2D eigenvalue weighted by molar-refractivity contribution is 0.0158. The van der Waals surface area contributed by atoms with Crippen LogP contribution in [0.4, 0.5) is 0 Å². The average molecular weight is 377 g/mol. The smallest absolute Gasteiger partial charge is 0.240 e. The van der Waals surface area contributed by atoms with Gasteiger partial charge in [0, 0.05) is 32.1 Å². The van der Waals surface area contributed by atoms with Gasteiger partial charge in [0.2, 0.25) is 10.0 Å². The SMILES string of the molecule is O=S(=O)(NCC(O)CN1CCOCC1)c1ccc(CCCCl)cc1. The number of morpholine rings is 1. The van der Waals surface area contributed by atoms with Gasteiger partial charge in [-0.1, -0.05) is 12.1 Å². The van der Waals surface area contributed by atoms with Gasteiger partial charge >= 0.3 is 0 Å². The second kappa shape index (κ2) is 9.70. The number of benzene rings is 1. The molecule has 1 aliphatic rings. The van der Waals surface area contributed by atoms with E-state index >= 15 is 0 Å². The molecule has 24 heavy (non-hydrogen) atoms. The molecule has 1 aromatic rings. The van der Waals surface area contributed by atoms with Gasteiger partial charge in [0.25, 0.3) is 0 Å². The van der Waals surface area contributed by atoms with Crippen molar-refractivity contribution in [3.05, 3.63) is 29.8 Å². The molecule has 0 spiro atoms. The molecule has 0 saturated carbocycles. The van der Waals surface area contributed by atoms with Gasteiger partial charge in [-0.15, -0.1) is 11.6 Å². The van der Waals surface area contributed by atoms with E-state index in [9.17, 15) is 13.5 Å². The van der Waals surface area contributed by atoms with E-state index in [0.29, 0.717) is 25.6 Å². The fourth-order valence-corrected chi connectivity index (χ4v) is 3.75. The number of hydrogen-bond donors (Lipinski definition) is 2. The summed E-state index contributed by atoms with van der Waals surface area (Å²) >= 11 is 5.66. The van der Waals surface area contributed by atoms with Crippen molar-refractivity contribution < 1.29 is 18.3 Å². The van der Waals surface area contributed by atoms with Gasteiger partial charge in [0.1, 0.15) is 0 Å². The van der Waals surface area contributed by atoms with E-state index in [1.165, 1.54) is 0 Å². The number of halogens is 1. The van der Waals surface area contributed by atoms with Crippen LogP contribution in [0, 0.1) is 0 Å². The molecule has 1 saturated heterocycles. The number of sulfonamides is 1. The summed E-state index contributed by atoms with van der Waals surface area (Å²) in [5.41, 5.74) is 1.06. The third-order valence-electron chi connectivity index (χ3n) is 3.91. The number of hydrogen-bond acceptors (Lipinski definition) is 5. The Hall–Kier alpha value is -0.700. The lowest BCUT2D eigenvalue weighted by atomic mass is 10.1. The Balaban J connectivity index is 1.83. The number of rotatable bonds is 9. The number of nitrogens with zero attached hydrogens (tertiary/aromatic N) is 1. The first-order valence-electron chi connectivity index (χ1n) is 8.14. The van der Waals surface area contributed by atoms with Gasteiger partial charge < -0.3 is 9.84 Å². The van der Waals surface area contributed by atoms with E-state index in [1.807, 2.05) is 0 Å². The third kappa shape index (κ3) is 6.31. The number of aliphatic hydroxyl groups excluding tert-OH is 1. The number of β-amino-alcohol motifs (C(OH)–C–C–N with tert-alkyl or cyclic N) is 1. The maximum Gasteiger partial charge on any atom is 0.240 e. The maximum absolute atomic E-state index is 12.3. The summed E-state index contributed by atoms with van der Waals surface area (Å²) in [4.78, 5) is 2.27. The van der Waals surface area contributed by atoms with Crippen molar-refractivity contribution >= 4 is 21.6 Å². The summed E-state index contributed by atoms with van der Waals surface area (Å²) in [5, 5.41) is 10.0. The van der Waals surface area contributed by atoms with Crippen molar-refractivity contribution in [1.29, 1.82) is 0 Å². The summed E-state index contributed by atoms with van der Waals surface area (Å²) in [5.74, 6) is 0.586. The fraction of sp³-hybridized carbons (Fsp3) is 0.625. The summed E-state index contributed by atoms with van der Waals surface area (Å²) < 4.78 is 32.3. The Morgan fingerprint density at radius 1 is 1.25 bits per heavy atom. The van der Waals surface area contributed by atoms with Gasteiger partial charge in [0.15, 0.2) is 0 Å². The highest BCUT2D eigenvalue weighted by atomic mass is 35.5. The highest BCUT2D eigenvalue weighted by Crippen LogP contribution is 2.12. The maximum atomic E-state index is 12.3. The number of nitrogens with one attached hydrogen (secondary N) is 1. The van der Waals surface area contributed by atoms with Crippen LogP contribution in [0.1, 0.15) is 12.0 Å². The Labute approximate surface area is 148 Å². The Morgan fingerprint density at radius 3 is 2.54 bits per heavy atom. The normalized spacial score (nSPS) is 17.8. The first-order valence-corrected chi connectivity index (χ1v) is 10.2. The van der Waals surface area contributed by atoms with Gasteiger partial charge in [-0.05, 0) is 30.5 Å². The predicted molar refractivity (Wildman–Crippen MR) is 93.9 cm³/mol. The summed E-state index contributed by atoms with van der Waals surface area (Å²) in [6.45, 7) is 3.24. The monoisotopic (exact) mass is 376 g/mol. The summed E-state index contributed by atoms with van der Waals surface area (Å²) in [7, 11) is -3.61. The predicted octanol–water partition coefficient (Wildman–Crippen LogP) is 0.829. The topological polar surface area (TPSA) is 78.9 Å². The first-order chi connectivity index (χ1) is 11.5. The van der Waals surface area contributed by atoms with E-state index < -0.39 is 16.1 Å². The van der Waals surface area contributed by atoms with Crippen molar-refractivity contribution in [2.24, 2.45) is 0 Å². The minimum atomic E-state index is -3.61. The van der Waals surface area contributed by atoms with Crippen LogP contribution < -0.4 is 4.72 Å². The van der Waals surface area contributed by atoms with Crippen molar-refractivity contribution in [2.75, 3.05) is 45.3 Å². The largest absolute Gasteiger partial charge is 0.390 e. The molecule has 1 aliphatic heterocycles. The second-order valence-corrected chi connectivity index (χ2v) is 8.00. The number of aryl methyl sites for hydroxylation is 1. The lowest BCUT2D eigenvalue weighted by Gasteiger charge is -2.28. The molecule has 1 unspecified atom stereocenters. The van der Waals surface area contributed by atoms with Crippen LogP contribution in [-0.4, -0.2) is 69.8 Å². The zero-order valence-electron chi connectivity index (χ0n) is 13.7.